The predicted octanol–water partition coefficient (Wildman–Crippen LogP) is 4.29. The topological polar surface area (TPSA) is 91.3 Å². The quantitative estimate of drug-likeness (QED) is 0.447. The number of benzene rings is 3. The van der Waals surface area contributed by atoms with Gasteiger partial charge in [-0.05, 0) is 41.8 Å². The summed E-state index contributed by atoms with van der Waals surface area (Å²) in [6.07, 6.45) is -0.473. The maximum atomic E-state index is 12.7. The number of aliphatic hydroxyl groups is 2. The minimum Gasteiger partial charge on any atom is -0.392 e. The van der Waals surface area contributed by atoms with Crippen LogP contribution in [0, 0.1) is 5.92 Å². The van der Waals surface area contributed by atoms with Gasteiger partial charge in [-0.2, -0.15) is 0 Å². The van der Waals surface area contributed by atoms with Crippen LogP contribution >= 0.6 is 0 Å². The Labute approximate surface area is 217 Å². The summed E-state index contributed by atoms with van der Waals surface area (Å²) in [5.74, 6) is -0.112. The lowest BCUT2D eigenvalue weighted by atomic mass is 9.90. The summed E-state index contributed by atoms with van der Waals surface area (Å²) in [5, 5.41) is 22.5. The first kappa shape index (κ1) is 25.6. The van der Waals surface area contributed by atoms with Crippen LogP contribution in [0.4, 0.5) is 5.69 Å². The second-order valence-corrected chi connectivity index (χ2v) is 9.97. The van der Waals surface area contributed by atoms with E-state index in [0.717, 1.165) is 29.7 Å². The smallest absolute Gasteiger partial charge is 0.255 e. The van der Waals surface area contributed by atoms with Crippen molar-refractivity contribution in [2.75, 3.05) is 25.0 Å². The molecule has 0 aromatic heterocycles. The molecule has 5 rings (SSSR count). The molecule has 0 spiro atoms. The average molecular weight is 503 g/mol. The Morgan fingerprint density at radius 2 is 1.78 bits per heavy atom. The van der Waals surface area contributed by atoms with Crippen molar-refractivity contribution in [2.45, 2.75) is 44.6 Å². The summed E-state index contributed by atoms with van der Waals surface area (Å²) in [7, 11) is 0. The molecule has 2 fully saturated rings. The number of anilines is 1. The molecule has 3 N–H and O–H groups in total. The van der Waals surface area contributed by atoms with Crippen LogP contribution in [0.2, 0.25) is 0 Å². The highest BCUT2D eigenvalue weighted by Crippen LogP contribution is 2.42. The van der Waals surface area contributed by atoms with Gasteiger partial charge in [-0.25, -0.2) is 0 Å². The molecular formula is C30H34N2O5. The van der Waals surface area contributed by atoms with Gasteiger partial charge in [-0.3, -0.25) is 9.69 Å². The maximum absolute atomic E-state index is 12.7. The highest BCUT2D eigenvalue weighted by Gasteiger charge is 2.40. The molecule has 2 saturated heterocycles. The number of aliphatic hydroxyl groups excluding tert-OH is 2. The summed E-state index contributed by atoms with van der Waals surface area (Å²) >= 11 is 0. The number of carbonyl (C=O) groups excluding carboxylic acids is 1. The minimum absolute atomic E-state index is 0.00546. The van der Waals surface area contributed by atoms with Crippen LogP contribution in [-0.2, 0) is 16.1 Å². The van der Waals surface area contributed by atoms with Crippen molar-refractivity contribution in [1.29, 1.82) is 0 Å². The Hall–Kier alpha value is -3.07. The zero-order valence-electron chi connectivity index (χ0n) is 21.0. The first-order valence-corrected chi connectivity index (χ1v) is 12.9. The molecule has 37 heavy (non-hydrogen) atoms. The van der Waals surface area contributed by atoms with Crippen molar-refractivity contribution in [1.82, 2.24) is 4.90 Å². The van der Waals surface area contributed by atoms with Crippen LogP contribution in [0.15, 0.2) is 78.9 Å². The van der Waals surface area contributed by atoms with E-state index in [1.165, 1.54) is 0 Å². The minimum atomic E-state index is -0.621. The SMILES string of the molecule is C[C@@H]1[C@H](CN2CC[C@H](O)C2)O[C@H](c2cccc(NC(=O)c3ccccc3)c2)O[C@@H]1c1ccc(CO)cc1. The highest BCUT2D eigenvalue weighted by molar-refractivity contribution is 6.04. The number of nitrogens with one attached hydrogen (secondary N) is 1. The molecule has 0 saturated carbocycles. The Morgan fingerprint density at radius 1 is 1.00 bits per heavy atom. The van der Waals surface area contributed by atoms with Crippen molar-refractivity contribution < 1.29 is 24.5 Å². The molecule has 2 aliphatic heterocycles. The van der Waals surface area contributed by atoms with Crippen LogP contribution in [0.5, 0.6) is 0 Å². The number of ether oxygens (including phenoxy) is 2. The first-order valence-electron chi connectivity index (χ1n) is 12.9. The number of nitrogens with zero attached hydrogens (tertiary/aromatic N) is 1. The predicted molar refractivity (Wildman–Crippen MR) is 141 cm³/mol. The van der Waals surface area contributed by atoms with E-state index in [-0.39, 0.29) is 36.7 Å². The van der Waals surface area contributed by atoms with Gasteiger partial charge in [0.15, 0.2) is 6.29 Å². The molecule has 1 amide bonds. The van der Waals surface area contributed by atoms with E-state index in [4.69, 9.17) is 9.47 Å². The average Bonchev–Trinajstić information content (AvgIpc) is 3.35. The first-order chi connectivity index (χ1) is 18.0. The second-order valence-electron chi connectivity index (χ2n) is 9.97. The van der Waals surface area contributed by atoms with Crippen molar-refractivity contribution in [3.05, 3.63) is 101 Å². The number of hydrogen-bond acceptors (Lipinski definition) is 6. The Bertz CT molecular complexity index is 1190. The molecule has 0 bridgehead atoms. The van der Waals surface area contributed by atoms with Gasteiger partial charge < -0.3 is 25.0 Å². The molecule has 3 aromatic carbocycles. The van der Waals surface area contributed by atoms with E-state index in [1.54, 1.807) is 12.1 Å². The summed E-state index contributed by atoms with van der Waals surface area (Å²) in [5.41, 5.74) is 3.95. The van der Waals surface area contributed by atoms with Gasteiger partial charge in [0.2, 0.25) is 0 Å². The van der Waals surface area contributed by atoms with E-state index in [2.05, 4.69) is 17.1 Å². The molecule has 194 valence electrons. The van der Waals surface area contributed by atoms with Crippen LogP contribution in [-0.4, -0.2) is 52.9 Å². The number of β-amino-alcohol motifs (C(OH)–C–C–N with tert-alkyl or cyclic N) is 1. The highest BCUT2D eigenvalue weighted by atomic mass is 16.7. The molecule has 0 aliphatic carbocycles. The third kappa shape index (κ3) is 6.09. The Kier molecular flexibility index (Phi) is 7.98. The molecular weight excluding hydrogens is 468 g/mol. The fourth-order valence-electron chi connectivity index (χ4n) is 5.12. The summed E-state index contributed by atoms with van der Waals surface area (Å²) in [6, 6.07) is 24.5. The van der Waals surface area contributed by atoms with Crippen LogP contribution in [0.25, 0.3) is 0 Å². The van der Waals surface area contributed by atoms with Gasteiger partial charge >= 0.3 is 0 Å². The lowest BCUT2D eigenvalue weighted by Crippen LogP contribution is -2.44. The van der Waals surface area contributed by atoms with Gasteiger partial charge in [0.05, 0.1) is 24.9 Å². The van der Waals surface area contributed by atoms with Crippen LogP contribution in [0.1, 0.15) is 52.8 Å². The van der Waals surface area contributed by atoms with Crippen LogP contribution in [0.3, 0.4) is 0 Å². The number of amides is 1. The Balaban J connectivity index is 1.38. The fraction of sp³-hybridized carbons (Fsp3) is 0.367. The standard InChI is InChI=1S/C30H34N2O5/c1-20-27(18-32-15-14-26(34)17-32)36-30(37-28(20)22-12-10-21(19-33)11-13-22)24-8-5-9-25(16-24)31-29(35)23-6-3-2-4-7-23/h2-13,16,20,26-28,30,33-34H,14-15,17-19H2,1H3,(H,31,35)/t20-,26+,27+,28+,30+/m1/s1. The molecule has 2 aliphatic rings. The normalized spacial score (nSPS) is 26.2. The number of rotatable bonds is 7. The molecule has 0 radical (unpaired) electrons. The van der Waals surface area contributed by atoms with E-state index in [9.17, 15) is 15.0 Å². The van der Waals surface area contributed by atoms with Gasteiger partial charge in [0.1, 0.15) is 0 Å². The third-order valence-corrected chi connectivity index (χ3v) is 7.26. The van der Waals surface area contributed by atoms with E-state index in [1.807, 2.05) is 66.7 Å². The summed E-state index contributed by atoms with van der Waals surface area (Å²) < 4.78 is 13.1. The van der Waals surface area contributed by atoms with E-state index < -0.39 is 6.29 Å². The number of likely N-dealkylation sites (tertiary alicyclic amines) is 1. The third-order valence-electron chi connectivity index (χ3n) is 7.26. The summed E-state index contributed by atoms with van der Waals surface area (Å²) in [6.45, 7) is 4.32. The van der Waals surface area contributed by atoms with Gasteiger partial charge in [0, 0.05) is 42.4 Å². The number of carbonyl (C=O) groups is 1. The maximum Gasteiger partial charge on any atom is 0.255 e. The lowest BCUT2D eigenvalue weighted by Gasteiger charge is -2.42. The molecule has 7 heteroatoms. The molecule has 5 atom stereocenters. The van der Waals surface area contributed by atoms with Gasteiger partial charge in [-0.1, -0.05) is 61.5 Å². The second kappa shape index (κ2) is 11.5. The van der Waals surface area contributed by atoms with Gasteiger partial charge in [-0.15, -0.1) is 0 Å². The fourth-order valence-corrected chi connectivity index (χ4v) is 5.12. The van der Waals surface area contributed by atoms with E-state index in [0.29, 0.717) is 24.3 Å². The van der Waals surface area contributed by atoms with Gasteiger partial charge in [0.25, 0.3) is 5.91 Å². The van der Waals surface area contributed by atoms with Crippen molar-refractivity contribution in [3.63, 3.8) is 0 Å². The van der Waals surface area contributed by atoms with Crippen LogP contribution < -0.4 is 5.32 Å². The van der Waals surface area contributed by atoms with Crippen molar-refractivity contribution in [2.24, 2.45) is 5.92 Å². The zero-order valence-corrected chi connectivity index (χ0v) is 21.0. The van der Waals surface area contributed by atoms with E-state index >= 15 is 0 Å². The molecule has 7 nitrogen and oxygen atoms in total. The summed E-state index contributed by atoms with van der Waals surface area (Å²) in [4.78, 5) is 14.9. The zero-order chi connectivity index (χ0) is 25.8. The van der Waals surface area contributed by atoms with Crippen molar-refractivity contribution >= 4 is 11.6 Å². The molecule has 3 aromatic rings. The Morgan fingerprint density at radius 3 is 2.49 bits per heavy atom. The number of hydrogen-bond donors (Lipinski definition) is 3. The lowest BCUT2D eigenvalue weighted by molar-refractivity contribution is -0.276. The monoisotopic (exact) mass is 502 g/mol. The van der Waals surface area contributed by atoms with Crippen molar-refractivity contribution in [3.8, 4) is 0 Å². The molecule has 2 heterocycles. The largest absolute Gasteiger partial charge is 0.392 e. The molecule has 0 unspecified atom stereocenters.